The lowest BCUT2D eigenvalue weighted by Gasteiger charge is -2.38. The normalized spacial score (nSPS) is 23.4. The van der Waals surface area contributed by atoms with Gasteiger partial charge in [-0.1, -0.05) is 25.7 Å². The van der Waals surface area contributed by atoms with E-state index in [1.165, 1.54) is 90.1 Å². The number of guanidine groups is 1. The average Bonchev–Trinajstić information content (AvgIpc) is 3.04. The van der Waals surface area contributed by atoms with Crippen molar-refractivity contribution in [2.24, 2.45) is 10.4 Å². The highest BCUT2D eigenvalue weighted by molar-refractivity contribution is 14.0. The van der Waals surface area contributed by atoms with Gasteiger partial charge in [0.2, 0.25) is 0 Å². The summed E-state index contributed by atoms with van der Waals surface area (Å²) in [5.41, 5.74) is 0.647. The van der Waals surface area contributed by atoms with Gasteiger partial charge >= 0.3 is 0 Å². The second-order valence-corrected chi connectivity index (χ2v) is 8.19. The van der Waals surface area contributed by atoms with Crippen molar-refractivity contribution in [3.8, 4) is 0 Å². The highest BCUT2D eigenvalue weighted by atomic mass is 127. The lowest BCUT2D eigenvalue weighted by molar-refractivity contribution is 0.0264. The Labute approximate surface area is 171 Å². The van der Waals surface area contributed by atoms with Crippen LogP contribution in [0.3, 0.4) is 0 Å². The lowest BCUT2D eigenvalue weighted by Crippen LogP contribution is -2.42. The number of unbranched alkanes of at least 4 members (excludes halogenated alkanes) is 2. The van der Waals surface area contributed by atoms with Crippen LogP contribution in [0.4, 0.5) is 0 Å². The van der Waals surface area contributed by atoms with Crippen LogP contribution in [0, 0.1) is 5.41 Å². The van der Waals surface area contributed by atoms with Gasteiger partial charge in [-0.3, -0.25) is 4.99 Å². The molecule has 2 aliphatic carbocycles. The minimum absolute atomic E-state index is 0. The van der Waals surface area contributed by atoms with Gasteiger partial charge < -0.3 is 15.0 Å². The Kier molecular flexibility index (Phi) is 9.31. The molecule has 0 unspecified atom stereocenters. The summed E-state index contributed by atoms with van der Waals surface area (Å²) < 4.78 is 6.00. The Morgan fingerprint density at radius 1 is 1.08 bits per heavy atom. The van der Waals surface area contributed by atoms with Crippen LogP contribution in [0.2, 0.25) is 0 Å². The predicted molar refractivity (Wildman–Crippen MR) is 116 cm³/mol. The first-order valence-corrected chi connectivity index (χ1v) is 10.4. The fraction of sp³-hybridized carbons (Fsp3) is 0.950. The van der Waals surface area contributed by atoms with Crippen LogP contribution >= 0.6 is 24.0 Å². The molecule has 1 heterocycles. The second-order valence-electron chi connectivity index (χ2n) is 8.19. The molecule has 1 spiro atoms. The van der Waals surface area contributed by atoms with Crippen molar-refractivity contribution < 1.29 is 4.74 Å². The molecule has 3 aliphatic rings. The molecule has 3 rings (SSSR count). The van der Waals surface area contributed by atoms with E-state index in [4.69, 9.17) is 4.74 Å². The van der Waals surface area contributed by atoms with Gasteiger partial charge in [-0.25, -0.2) is 0 Å². The fourth-order valence-electron chi connectivity index (χ4n) is 4.62. The van der Waals surface area contributed by atoms with E-state index in [1.807, 2.05) is 7.05 Å². The smallest absolute Gasteiger partial charge is 0.193 e. The van der Waals surface area contributed by atoms with E-state index < -0.39 is 0 Å². The third kappa shape index (κ3) is 6.26. The zero-order valence-corrected chi connectivity index (χ0v) is 18.4. The molecule has 0 aromatic rings. The van der Waals surface area contributed by atoms with Crippen LogP contribution < -0.4 is 5.32 Å². The maximum absolute atomic E-state index is 6.00. The van der Waals surface area contributed by atoms with E-state index in [0.717, 1.165) is 19.1 Å². The number of ether oxygens (including phenoxy) is 1. The number of hydrogen-bond donors (Lipinski definition) is 1. The van der Waals surface area contributed by atoms with Crippen LogP contribution in [0.1, 0.15) is 77.0 Å². The molecule has 146 valence electrons. The molecule has 25 heavy (non-hydrogen) atoms. The third-order valence-electron chi connectivity index (χ3n) is 6.37. The van der Waals surface area contributed by atoms with Crippen LogP contribution in [0.25, 0.3) is 0 Å². The zero-order valence-electron chi connectivity index (χ0n) is 16.1. The summed E-state index contributed by atoms with van der Waals surface area (Å²) in [6.45, 7) is 4.41. The van der Waals surface area contributed by atoms with E-state index in [9.17, 15) is 0 Å². The van der Waals surface area contributed by atoms with Crippen molar-refractivity contribution in [1.82, 2.24) is 10.2 Å². The molecule has 1 aliphatic heterocycles. The standard InChI is InChI=1S/C20H37N3O.HI/c1-21-19(23-15-13-20(17-23)11-8-12-20)22-14-6-3-7-16-24-18-9-4-2-5-10-18;/h18H,2-17H2,1H3,(H,21,22);1H. The molecule has 0 atom stereocenters. The zero-order chi connectivity index (χ0) is 16.7. The summed E-state index contributed by atoms with van der Waals surface area (Å²) in [5, 5.41) is 3.57. The topological polar surface area (TPSA) is 36.9 Å². The van der Waals surface area contributed by atoms with Crippen LogP contribution in [-0.4, -0.2) is 50.3 Å². The van der Waals surface area contributed by atoms with Crippen molar-refractivity contribution in [3.05, 3.63) is 0 Å². The fourth-order valence-corrected chi connectivity index (χ4v) is 4.62. The molecule has 0 amide bonds. The first-order valence-electron chi connectivity index (χ1n) is 10.4. The Bertz CT molecular complexity index is 406. The molecular weight excluding hydrogens is 425 g/mol. The molecule has 4 nitrogen and oxygen atoms in total. The van der Waals surface area contributed by atoms with Crippen LogP contribution in [0.5, 0.6) is 0 Å². The third-order valence-corrected chi connectivity index (χ3v) is 6.37. The van der Waals surface area contributed by atoms with Crippen LogP contribution in [0.15, 0.2) is 4.99 Å². The Morgan fingerprint density at radius 2 is 1.88 bits per heavy atom. The van der Waals surface area contributed by atoms with Gasteiger partial charge in [0.15, 0.2) is 5.96 Å². The minimum Gasteiger partial charge on any atom is -0.378 e. The molecule has 0 bridgehead atoms. The minimum atomic E-state index is 0. The van der Waals surface area contributed by atoms with E-state index in [2.05, 4.69) is 15.2 Å². The average molecular weight is 463 g/mol. The number of nitrogens with zero attached hydrogens (tertiary/aromatic N) is 2. The van der Waals surface area contributed by atoms with Gasteiger partial charge in [-0.2, -0.15) is 0 Å². The molecule has 1 saturated heterocycles. The van der Waals surface area contributed by atoms with Crippen LogP contribution in [-0.2, 0) is 4.74 Å². The van der Waals surface area contributed by atoms with Gasteiger partial charge in [0.25, 0.3) is 0 Å². The number of aliphatic imine (C=N–C) groups is 1. The number of hydrogen-bond acceptors (Lipinski definition) is 2. The molecule has 3 fully saturated rings. The maximum atomic E-state index is 6.00. The molecular formula is C20H38IN3O. The van der Waals surface area contributed by atoms with Gasteiger partial charge in [0, 0.05) is 33.3 Å². The highest BCUT2D eigenvalue weighted by Crippen LogP contribution is 2.47. The number of rotatable bonds is 7. The van der Waals surface area contributed by atoms with E-state index in [0.29, 0.717) is 11.5 Å². The molecule has 0 aromatic heterocycles. The molecule has 0 radical (unpaired) electrons. The number of nitrogens with one attached hydrogen (secondary N) is 1. The Balaban J connectivity index is 0.00000225. The van der Waals surface area contributed by atoms with Crippen molar-refractivity contribution in [2.75, 3.05) is 33.3 Å². The quantitative estimate of drug-likeness (QED) is 0.260. The lowest BCUT2D eigenvalue weighted by atomic mass is 9.68. The largest absolute Gasteiger partial charge is 0.378 e. The summed E-state index contributed by atoms with van der Waals surface area (Å²) in [4.78, 5) is 6.97. The Morgan fingerprint density at radius 3 is 2.52 bits per heavy atom. The van der Waals surface area contributed by atoms with E-state index >= 15 is 0 Å². The Hall–Kier alpha value is -0.0400. The van der Waals surface area contributed by atoms with Crippen molar-refractivity contribution in [3.63, 3.8) is 0 Å². The van der Waals surface area contributed by atoms with Crippen molar-refractivity contribution >= 4 is 29.9 Å². The summed E-state index contributed by atoms with van der Waals surface area (Å²) in [6, 6.07) is 0. The molecule has 1 N–H and O–H groups in total. The van der Waals surface area contributed by atoms with Gasteiger partial charge in [-0.15, -0.1) is 24.0 Å². The maximum Gasteiger partial charge on any atom is 0.193 e. The predicted octanol–water partition coefficient (Wildman–Crippen LogP) is 4.58. The SMILES string of the molecule is CN=C(NCCCCCOC1CCCCC1)N1CCC2(CCC2)C1.I. The highest BCUT2D eigenvalue weighted by Gasteiger charge is 2.43. The molecule has 2 saturated carbocycles. The van der Waals surface area contributed by atoms with Gasteiger partial charge in [0.05, 0.1) is 6.10 Å². The van der Waals surface area contributed by atoms with E-state index in [1.54, 1.807) is 0 Å². The number of halogens is 1. The van der Waals surface area contributed by atoms with E-state index in [-0.39, 0.29) is 24.0 Å². The summed E-state index contributed by atoms with van der Waals surface area (Å²) in [7, 11) is 1.92. The monoisotopic (exact) mass is 463 g/mol. The summed E-state index contributed by atoms with van der Waals surface area (Å²) >= 11 is 0. The number of likely N-dealkylation sites (tertiary alicyclic amines) is 1. The molecule has 5 heteroatoms. The van der Waals surface area contributed by atoms with Gasteiger partial charge in [0.1, 0.15) is 0 Å². The molecule has 0 aromatic carbocycles. The summed E-state index contributed by atoms with van der Waals surface area (Å²) in [6.07, 6.45) is 16.6. The van der Waals surface area contributed by atoms with Crippen molar-refractivity contribution in [1.29, 1.82) is 0 Å². The first kappa shape index (κ1) is 21.3. The first-order chi connectivity index (χ1) is 11.8. The second kappa shape index (κ2) is 11.0. The summed E-state index contributed by atoms with van der Waals surface area (Å²) in [5.74, 6) is 1.12. The van der Waals surface area contributed by atoms with Gasteiger partial charge in [-0.05, 0) is 56.8 Å². The van der Waals surface area contributed by atoms with Crippen molar-refractivity contribution in [2.45, 2.75) is 83.2 Å².